The molecule has 1 aliphatic heterocycles. The van der Waals surface area contributed by atoms with Crippen molar-refractivity contribution in [2.75, 3.05) is 12.3 Å². The van der Waals surface area contributed by atoms with Crippen LogP contribution in [-0.4, -0.2) is 59.7 Å². The molecule has 1 fully saturated rings. The molecule has 0 amide bonds. The molecule has 3 heterocycles. The third-order valence-corrected chi connectivity index (χ3v) is 4.84. The molecule has 0 aliphatic carbocycles. The molecule has 5 N–H and O–H groups in total. The average Bonchev–Trinajstić information content (AvgIpc) is 3.34. The number of rotatable bonds is 6. The van der Waals surface area contributed by atoms with E-state index in [9.17, 15) is 25.4 Å². The number of hydrogen-bond donors (Lipinski definition) is 4. The number of nitro groups is 1. The number of nitro benzene ring substituents is 1. The van der Waals surface area contributed by atoms with E-state index in [1.807, 2.05) is 0 Å². The number of hydrogen-bond acceptors (Lipinski definition) is 14. The van der Waals surface area contributed by atoms with Crippen LogP contribution in [0, 0.1) is 20.4 Å². The normalized spacial score (nSPS) is 22.0. The molecule has 0 unspecified atom stereocenters. The first kappa shape index (κ1) is 26.3. The maximum absolute atomic E-state index is 10.7. The van der Waals surface area contributed by atoms with Gasteiger partial charge in [-0.1, -0.05) is 9.71 Å². The Labute approximate surface area is 197 Å². The summed E-state index contributed by atoms with van der Waals surface area (Å²) in [7, 11) is -4.94. The standard InChI is InChI=1S/C17H18N6O7.ClHO4/c18-15-12-16(21(7-19-12)17-14(26)13(25)11(5-24)30-17)20-8-22(15)29-6-9-1-3-10(4-2-9)23(27)28;2-1(3,4)5/h1-4,7-8,11,13-14,17-18,24-26H,5-6H2;(H,2,3,4,5)/t11-,13-,14-,17-;/m1./s1. The van der Waals surface area contributed by atoms with Crippen LogP contribution in [0.15, 0.2) is 36.9 Å². The smallest absolute Gasteiger partial charge is 0.289 e. The molecule has 2 aromatic heterocycles. The number of nitrogens with zero attached hydrogens (tertiary/aromatic N) is 5. The van der Waals surface area contributed by atoms with Crippen molar-refractivity contribution in [3.63, 3.8) is 0 Å². The quantitative estimate of drug-likeness (QED) is 0.134. The summed E-state index contributed by atoms with van der Waals surface area (Å²) in [6.45, 7) is -0.372. The van der Waals surface area contributed by atoms with Crippen molar-refractivity contribution in [1.82, 2.24) is 14.5 Å². The number of benzene rings is 1. The number of aliphatic hydroxyl groups is 3. The average molecular weight is 519 g/mol. The summed E-state index contributed by atoms with van der Waals surface area (Å²) in [6.07, 6.45) is -1.80. The minimum Gasteiger partial charge on any atom is -0.394 e. The maximum atomic E-state index is 10.7. The molecule has 1 saturated heterocycles. The molecule has 3 aromatic rings. The molecule has 17 nitrogen and oxygen atoms in total. The van der Waals surface area contributed by atoms with Crippen LogP contribution < -0.4 is 33.9 Å². The maximum Gasteiger partial charge on any atom is 0.289 e. The van der Waals surface area contributed by atoms with E-state index in [0.29, 0.717) is 5.56 Å². The lowest BCUT2D eigenvalue weighted by atomic mass is 10.1. The fraction of sp³-hybridized carbons (Fsp3) is 0.353. The molecule has 0 bridgehead atoms. The van der Waals surface area contributed by atoms with E-state index in [2.05, 4.69) is 9.97 Å². The number of fused-ring (bicyclic) bond motifs is 1. The Balaban J connectivity index is 0.000000623. The Morgan fingerprint density at radius 1 is 1.17 bits per heavy atom. The molecule has 4 rings (SSSR count). The number of aliphatic hydroxyl groups excluding tert-OH is 3. The number of nitrogen functional groups attached to an aromatic ring is 1. The third kappa shape index (κ3) is 6.25. The van der Waals surface area contributed by atoms with Crippen molar-refractivity contribution in [2.24, 2.45) is 0 Å². The Bertz CT molecular complexity index is 1170. The molecule has 0 saturated carbocycles. The van der Waals surface area contributed by atoms with Crippen molar-refractivity contribution in [3.8, 4) is 0 Å². The number of imidazole rings is 1. The molecule has 0 radical (unpaired) electrons. The van der Waals surface area contributed by atoms with E-state index >= 15 is 0 Å². The van der Waals surface area contributed by atoms with Crippen molar-refractivity contribution in [2.45, 2.75) is 31.1 Å². The van der Waals surface area contributed by atoms with Gasteiger partial charge < -0.3 is 30.6 Å². The lowest BCUT2D eigenvalue weighted by Crippen LogP contribution is -2.68. The molecule has 190 valence electrons. The fourth-order valence-electron chi connectivity index (χ4n) is 3.19. The zero-order valence-corrected chi connectivity index (χ0v) is 18.2. The van der Waals surface area contributed by atoms with E-state index in [1.165, 1.54) is 34.1 Å². The Kier molecular flexibility index (Phi) is 7.95. The molecule has 4 atom stereocenters. The van der Waals surface area contributed by atoms with Crippen LogP contribution in [0.5, 0.6) is 0 Å². The summed E-state index contributed by atoms with van der Waals surface area (Å²) < 4.78 is 42.1. The summed E-state index contributed by atoms with van der Waals surface area (Å²) in [5, 5.41) is 40.1. The summed E-state index contributed by atoms with van der Waals surface area (Å²) in [5.41, 5.74) is 7.34. The van der Waals surface area contributed by atoms with Gasteiger partial charge in [-0.25, -0.2) is 23.6 Å². The number of anilines is 1. The van der Waals surface area contributed by atoms with E-state index in [4.69, 9.17) is 33.9 Å². The predicted octanol–water partition coefficient (Wildman–Crippen LogP) is -6.31. The highest BCUT2D eigenvalue weighted by atomic mass is 35.7. The first-order valence-electron chi connectivity index (χ1n) is 9.54. The van der Waals surface area contributed by atoms with Crippen LogP contribution in [0.2, 0.25) is 0 Å². The summed E-state index contributed by atoms with van der Waals surface area (Å²) >= 11 is 0. The number of halogens is 1. The van der Waals surface area contributed by atoms with Gasteiger partial charge in [0, 0.05) is 12.1 Å². The second-order valence-electron chi connectivity index (χ2n) is 7.08. The molecule has 18 heteroatoms. The van der Waals surface area contributed by atoms with Crippen LogP contribution in [-0.2, 0) is 11.3 Å². The molecular weight excluding hydrogens is 500 g/mol. The summed E-state index contributed by atoms with van der Waals surface area (Å²) in [5.74, 6) is 0.132. The van der Waals surface area contributed by atoms with Gasteiger partial charge in [-0.15, -0.1) is 10.2 Å². The number of ether oxygens (including phenoxy) is 1. The van der Waals surface area contributed by atoms with Gasteiger partial charge >= 0.3 is 0 Å². The van der Waals surface area contributed by atoms with Crippen LogP contribution >= 0.6 is 0 Å². The highest BCUT2D eigenvalue weighted by Gasteiger charge is 2.44. The number of nitrogens with two attached hydrogens (primary N) is 1. The number of non-ortho nitro benzene ring substituents is 1. The highest BCUT2D eigenvalue weighted by Crippen LogP contribution is 2.31. The largest absolute Gasteiger partial charge is 0.394 e. The van der Waals surface area contributed by atoms with Crippen LogP contribution in [0.1, 0.15) is 11.8 Å². The van der Waals surface area contributed by atoms with Crippen molar-refractivity contribution < 1.29 is 63.4 Å². The topological polar surface area (TPSA) is 275 Å². The lowest BCUT2D eigenvalue weighted by Gasteiger charge is -2.17. The second-order valence-corrected chi connectivity index (χ2v) is 7.84. The van der Waals surface area contributed by atoms with Gasteiger partial charge in [-0.2, -0.15) is 0 Å². The Morgan fingerprint density at radius 2 is 1.80 bits per heavy atom. The van der Waals surface area contributed by atoms with E-state index < -0.39 is 46.3 Å². The molecule has 0 spiro atoms. The van der Waals surface area contributed by atoms with Crippen LogP contribution in [0.3, 0.4) is 0 Å². The van der Waals surface area contributed by atoms with E-state index in [-0.39, 0.29) is 29.3 Å². The Morgan fingerprint density at radius 3 is 2.34 bits per heavy atom. The minimum atomic E-state index is -4.94. The van der Waals surface area contributed by atoms with Gasteiger partial charge in [0.15, 0.2) is 12.8 Å². The van der Waals surface area contributed by atoms with Gasteiger partial charge in [0.25, 0.3) is 17.8 Å². The molecule has 1 aliphatic rings. The van der Waals surface area contributed by atoms with Gasteiger partial charge in [-0.05, 0) is 17.7 Å². The summed E-state index contributed by atoms with van der Waals surface area (Å²) in [4.78, 5) is 24.2. The SMILES string of the molecule is Nc1c2ncn([C@@H]3O[C@H](CO)[C@@H](O)[C@H]3O)c2nc[n+]1OCc1ccc([N+](=O)[O-])cc1.[O-][Cl+3]([O-])([O-])[O-]. The monoisotopic (exact) mass is 518 g/mol. The molecular formula is C17H19ClN6O11. The first-order valence-corrected chi connectivity index (χ1v) is 10.8. The zero-order chi connectivity index (χ0) is 25.9. The van der Waals surface area contributed by atoms with E-state index in [0.717, 1.165) is 0 Å². The molecule has 1 aromatic carbocycles. The van der Waals surface area contributed by atoms with Gasteiger partial charge in [0.1, 0.15) is 24.6 Å². The Hall–Kier alpha value is -3.26. The second kappa shape index (κ2) is 10.6. The van der Waals surface area contributed by atoms with E-state index in [1.54, 1.807) is 12.1 Å². The van der Waals surface area contributed by atoms with Gasteiger partial charge in [-0.3, -0.25) is 14.7 Å². The first-order chi connectivity index (χ1) is 16.4. The number of aromatic nitrogens is 4. The fourth-order valence-corrected chi connectivity index (χ4v) is 3.19. The minimum absolute atomic E-state index is 0.0237. The van der Waals surface area contributed by atoms with Crippen molar-refractivity contribution >= 4 is 22.7 Å². The van der Waals surface area contributed by atoms with Crippen molar-refractivity contribution in [1.29, 1.82) is 0 Å². The van der Waals surface area contributed by atoms with Gasteiger partial charge in [0.2, 0.25) is 11.2 Å². The zero-order valence-electron chi connectivity index (χ0n) is 17.5. The molecule has 35 heavy (non-hydrogen) atoms. The predicted molar refractivity (Wildman–Crippen MR) is 98.5 cm³/mol. The van der Waals surface area contributed by atoms with Crippen LogP contribution in [0.4, 0.5) is 11.5 Å². The van der Waals surface area contributed by atoms with Crippen LogP contribution in [0.25, 0.3) is 11.2 Å². The highest BCUT2D eigenvalue weighted by molar-refractivity contribution is 5.79. The van der Waals surface area contributed by atoms with Gasteiger partial charge in [0.05, 0.1) is 11.5 Å². The van der Waals surface area contributed by atoms with Crippen molar-refractivity contribution in [3.05, 3.63) is 52.6 Å². The summed E-state index contributed by atoms with van der Waals surface area (Å²) in [6, 6.07) is 5.88. The third-order valence-electron chi connectivity index (χ3n) is 4.84. The lowest BCUT2D eigenvalue weighted by molar-refractivity contribution is -2.00.